The van der Waals surface area contributed by atoms with Crippen molar-refractivity contribution in [1.82, 2.24) is 10.6 Å². The topological polar surface area (TPSA) is 45.7 Å². The molecule has 4 heteroatoms. The summed E-state index contributed by atoms with van der Waals surface area (Å²) in [6.07, 6.45) is 5.11. The summed E-state index contributed by atoms with van der Waals surface area (Å²) in [5, 5.41) is 6.98. The molecular weight excluding hydrogens is 286 g/mol. The number of nitrogens with one attached hydrogen (secondary N) is 2. The Bertz CT molecular complexity index is 493. The van der Waals surface area contributed by atoms with Crippen LogP contribution in [0, 0.1) is 5.92 Å². The maximum Gasteiger partial charge on any atom is 0.191 e. The molecule has 1 aromatic rings. The van der Waals surface area contributed by atoms with Crippen molar-refractivity contribution in [2.45, 2.75) is 58.7 Å². The number of aliphatic imine (C=N–C) groups is 1. The van der Waals surface area contributed by atoms with Crippen LogP contribution in [0.3, 0.4) is 0 Å². The average Bonchev–Trinajstić information content (AvgIpc) is 2.56. The van der Waals surface area contributed by atoms with Crippen LogP contribution in [0.1, 0.15) is 50.7 Å². The molecule has 2 N–H and O–H groups in total. The van der Waals surface area contributed by atoms with Gasteiger partial charge < -0.3 is 15.4 Å². The lowest BCUT2D eigenvalue weighted by molar-refractivity contribution is 0.184. The van der Waals surface area contributed by atoms with Gasteiger partial charge in [-0.1, -0.05) is 31.2 Å². The standard InChI is InChI=1S/C19H31N3O/c1-4-20-19(22-18-11-9-15(2)10-12-18)21-13-16-7-5-6-8-17(16)14-23-3/h5-8,15,18H,4,9-14H2,1-3H3,(H2,20,21,22). The second kappa shape index (κ2) is 9.56. The summed E-state index contributed by atoms with van der Waals surface area (Å²) in [5.41, 5.74) is 2.44. The van der Waals surface area contributed by atoms with Gasteiger partial charge in [0.05, 0.1) is 13.2 Å². The van der Waals surface area contributed by atoms with E-state index in [1.165, 1.54) is 36.8 Å². The van der Waals surface area contributed by atoms with E-state index in [1.807, 2.05) is 6.07 Å². The molecule has 0 amide bonds. The van der Waals surface area contributed by atoms with Crippen molar-refractivity contribution in [3.63, 3.8) is 0 Å². The highest BCUT2D eigenvalue weighted by Crippen LogP contribution is 2.23. The molecule has 1 aliphatic carbocycles. The quantitative estimate of drug-likeness (QED) is 0.624. The molecule has 0 radical (unpaired) electrons. The number of ether oxygens (including phenoxy) is 1. The van der Waals surface area contributed by atoms with Gasteiger partial charge >= 0.3 is 0 Å². The number of guanidine groups is 1. The second-order valence-electron chi connectivity index (χ2n) is 6.50. The van der Waals surface area contributed by atoms with Crippen molar-refractivity contribution < 1.29 is 4.74 Å². The van der Waals surface area contributed by atoms with E-state index in [1.54, 1.807) is 7.11 Å². The van der Waals surface area contributed by atoms with Crippen molar-refractivity contribution in [3.8, 4) is 0 Å². The molecule has 2 rings (SSSR count). The van der Waals surface area contributed by atoms with Gasteiger partial charge in [-0.05, 0) is 49.7 Å². The molecule has 0 bridgehead atoms. The molecule has 1 fully saturated rings. The zero-order valence-electron chi connectivity index (χ0n) is 14.8. The largest absolute Gasteiger partial charge is 0.380 e. The second-order valence-corrected chi connectivity index (χ2v) is 6.50. The third kappa shape index (κ3) is 5.87. The van der Waals surface area contributed by atoms with Crippen LogP contribution in [0.25, 0.3) is 0 Å². The van der Waals surface area contributed by atoms with E-state index in [2.05, 4.69) is 42.7 Å². The molecule has 0 heterocycles. The molecular formula is C19H31N3O. The van der Waals surface area contributed by atoms with E-state index in [0.717, 1.165) is 18.4 Å². The molecule has 0 saturated heterocycles. The lowest BCUT2D eigenvalue weighted by Gasteiger charge is -2.28. The monoisotopic (exact) mass is 317 g/mol. The Kier molecular flexibility index (Phi) is 7.40. The van der Waals surface area contributed by atoms with Crippen LogP contribution in [0.5, 0.6) is 0 Å². The fourth-order valence-electron chi connectivity index (χ4n) is 3.09. The molecule has 4 nitrogen and oxygen atoms in total. The predicted molar refractivity (Wildman–Crippen MR) is 96.5 cm³/mol. The first-order valence-corrected chi connectivity index (χ1v) is 8.83. The van der Waals surface area contributed by atoms with Crippen LogP contribution >= 0.6 is 0 Å². The number of nitrogens with zero attached hydrogens (tertiary/aromatic N) is 1. The number of methoxy groups -OCH3 is 1. The Hall–Kier alpha value is -1.55. The first kappa shape index (κ1) is 17.8. The zero-order chi connectivity index (χ0) is 16.5. The first-order valence-electron chi connectivity index (χ1n) is 8.83. The number of hydrogen-bond acceptors (Lipinski definition) is 2. The SMILES string of the molecule is CCNC(=NCc1ccccc1COC)NC1CCC(C)CC1. The van der Waals surface area contributed by atoms with Crippen LogP contribution in [-0.4, -0.2) is 25.7 Å². The van der Waals surface area contributed by atoms with Gasteiger partial charge in [0.1, 0.15) is 0 Å². The predicted octanol–water partition coefficient (Wildman–Crippen LogP) is 3.47. The van der Waals surface area contributed by atoms with Gasteiger partial charge in [-0.3, -0.25) is 0 Å². The zero-order valence-corrected chi connectivity index (χ0v) is 14.8. The van der Waals surface area contributed by atoms with Gasteiger partial charge in [0, 0.05) is 19.7 Å². The van der Waals surface area contributed by atoms with Crippen LogP contribution in [0.4, 0.5) is 0 Å². The van der Waals surface area contributed by atoms with E-state index in [-0.39, 0.29) is 0 Å². The summed E-state index contributed by atoms with van der Waals surface area (Å²) in [7, 11) is 1.73. The Morgan fingerprint density at radius 2 is 1.87 bits per heavy atom. The minimum atomic E-state index is 0.554. The molecule has 0 aromatic heterocycles. The molecule has 0 aliphatic heterocycles. The molecule has 23 heavy (non-hydrogen) atoms. The summed E-state index contributed by atoms with van der Waals surface area (Å²) < 4.78 is 5.27. The minimum absolute atomic E-state index is 0.554. The average molecular weight is 317 g/mol. The van der Waals surface area contributed by atoms with E-state index in [9.17, 15) is 0 Å². The molecule has 0 spiro atoms. The van der Waals surface area contributed by atoms with Gasteiger partial charge in [-0.15, -0.1) is 0 Å². The summed E-state index contributed by atoms with van der Waals surface area (Å²) in [5.74, 6) is 1.80. The Morgan fingerprint density at radius 3 is 2.52 bits per heavy atom. The normalized spacial score (nSPS) is 22.0. The number of rotatable bonds is 6. The maximum absolute atomic E-state index is 5.27. The summed E-state index contributed by atoms with van der Waals surface area (Å²) in [6.45, 7) is 6.66. The lowest BCUT2D eigenvalue weighted by atomic mass is 9.87. The molecule has 0 atom stereocenters. The van der Waals surface area contributed by atoms with Crippen molar-refractivity contribution >= 4 is 5.96 Å². The van der Waals surface area contributed by atoms with Crippen LogP contribution < -0.4 is 10.6 Å². The summed E-state index contributed by atoms with van der Waals surface area (Å²) in [4.78, 5) is 4.78. The molecule has 1 aliphatic rings. The fourth-order valence-corrected chi connectivity index (χ4v) is 3.09. The van der Waals surface area contributed by atoms with Crippen molar-refractivity contribution in [1.29, 1.82) is 0 Å². The van der Waals surface area contributed by atoms with E-state index in [0.29, 0.717) is 19.2 Å². The van der Waals surface area contributed by atoms with Gasteiger partial charge in [-0.25, -0.2) is 4.99 Å². The van der Waals surface area contributed by atoms with Crippen molar-refractivity contribution in [3.05, 3.63) is 35.4 Å². The van der Waals surface area contributed by atoms with Gasteiger partial charge in [0.25, 0.3) is 0 Å². The van der Waals surface area contributed by atoms with E-state index < -0.39 is 0 Å². The highest BCUT2D eigenvalue weighted by molar-refractivity contribution is 5.80. The molecule has 1 saturated carbocycles. The van der Waals surface area contributed by atoms with Gasteiger partial charge in [0.2, 0.25) is 0 Å². The molecule has 128 valence electrons. The van der Waals surface area contributed by atoms with Crippen molar-refractivity contribution in [2.75, 3.05) is 13.7 Å². The van der Waals surface area contributed by atoms with Crippen LogP contribution in [0.15, 0.2) is 29.3 Å². The Balaban J connectivity index is 1.98. The summed E-state index contributed by atoms with van der Waals surface area (Å²) in [6, 6.07) is 8.90. The molecule has 0 unspecified atom stereocenters. The third-order valence-corrected chi connectivity index (χ3v) is 4.53. The van der Waals surface area contributed by atoms with Crippen molar-refractivity contribution in [2.24, 2.45) is 10.9 Å². The minimum Gasteiger partial charge on any atom is -0.380 e. The fraction of sp³-hybridized carbons (Fsp3) is 0.632. The van der Waals surface area contributed by atoms with Gasteiger partial charge in [0.15, 0.2) is 5.96 Å². The Labute approximate surface area is 140 Å². The van der Waals surface area contributed by atoms with E-state index in [4.69, 9.17) is 9.73 Å². The first-order chi connectivity index (χ1) is 11.2. The number of hydrogen-bond donors (Lipinski definition) is 2. The highest BCUT2D eigenvalue weighted by atomic mass is 16.5. The maximum atomic E-state index is 5.27. The highest BCUT2D eigenvalue weighted by Gasteiger charge is 2.18. The van der Waals surface area contributed by atoms with E-state index >= 15 is 0 Å². The molecule has 1 aromatic carbocycles. The smallest absolute Gasteiger partial charge is 0.191 e. The Morgan fingerprint density at radius 1 is 1.17 bits per heavy atom. The lowest BCUT2D eigenvalue weighted by Crippen LogP contribution is -2.44. The third-order valence-electron chi connectivity index (χ3n) is 4.53. The van der Waals surface area contributed by atoms with Crippen LogP contribution in [0.2, 0.25) is 0 Å². The number of benzene rings is 1. The van der Waals surface area contributed by atoms with Gasteiger partial charge in [-0.2, -0.15) is 0 Å². The van der Waals surface area contributed by atoms with Crippen LogP contribution in [-0.2, 0) is 17.9 Å². The summed E-state index contributed by atoms with van der Waals surface area (Å²) >= 11 is 0.